The Balaban J connectivity index is 1.47. The Morgan fingerprint density at radius 3 is 2.39 bits per heavy atom. The van der Waals surface area contributed by atoms with E-state index in [9.17, 15) is 9.59 Å². The molecular formula is C36H43ClN2O5. The number of methoxy groups -OCH3 is 1. The Morgan fingerprint density at radius 2 is 1.68 bits per heavy atom. The van der Waals surface area contributed by atoms with E-state index in [1.165, 1.54) is 0 Å². The number of piperidine rings is 1. The van der Waals surface area contributed by atoms with Gasteiger partial charge < -0.3 is 24.0 Å². The molecule has 1 saturated heterocycles. The highest BCUT2D eigenvalue weighted by Crippen LogP contribution is 2.42. The highest BCUT2D eigenvalue weighted by Gasteiger charge is 2.44. The van der Waals surface area contributed by atoms with Crippen LogP contribution in [-0.4, -0.2) is 62.0 Å². The molecule has 0 N–H and O–H groups in total. The first-order valence-electron chi connectivity index (χ1n) is 15.5. The number of hydrogen-bond acceptors (Lipinski definition) is 5. The van der Waals surface area contributed by atoms with Crippen LogP contribution < -0.4 is 9.64 Å². The molecule has 1 heterocycles. The summed E-state index contributed by atoms with van der Waals surface area (Å²) >= 11 is 6.49. The Hall–Kier alpha value is -3.55. The number of likely N-dealkylation sites (tertiary alicyclic amines) is 1. The maximum atomic E-state index is 14.7. The van der Waals surface area contributed by atoms with Crippen LogP contribution in [-0.2, 0) is 14.3 Å². The van der Waals surface area contributed by atoms with Crippen LogP contribution in [0, 0.1) is 5.92 Å². The van der Waals surface area contributed by atoms with Crippen molar-refractivity contribution in [1.29, 1.82) is 0 Å². The third kappa shape index (κ3) is 7.93. The number of rotatable bonds is 10. The van der Waals surface area contributed by atoms with Gasteiger partial charge >= 0.3 is 6.09 Å². The summed E-state index contributed by atoms with van der Waals surface area (Å²) in [6.45, 7) is 7.43. The minimum Gasteiger partial charge on any atom is -0.492 e. The maximum Gasteiger partial charge on any atom is 0.410 e. The molecule has 2 aliphatic rings. The molecule has 234 valence electrons. The second-order valence-electron chi connectivity index (χ2n) is 12.7. The number of ether oxygens (including phenoxy) is 3. The van der Waals surface area contributed by atoms with E-state index in [0.29, 0.717) is 37.0 Å². The average Bonchev–Trinajstić information content (AvgIpc) is 3.85. The Bertz CT molecular complexity index is 1440. The lowest BCUT2D eigenvalue weighted by atomic mass is 9.79. The number of amides is 2. The van der Waals surface area contributed by atoms with Gasteiger partial charge in [-0.2, -0.15) is 0 Å². The van der Waals surface area contributed by atoms with Crippen LogP contribution in [0.3, 0.4) is 0 Å². The molecule has 2 atom stereocenters. The summed E-state index contributed by atoms with van der Waals surface area (Å²) in [6.07, 6.45) is 2.85. The number of nitrogens with zero attached hydrogens (tertiary/aromatic N) is 2. The molecule has 1 saturated carbocycles. The van der Waals surface area contributed by atoms with Gasteiger partial charge in [0.15, 0.2) is 0 Å². The average molecular weight is 619 g/mol. The van der Waals surface area contributed by atoms with E-state index < -0.39 is 11.5 Å². The Kier molecular flexibility index (Phi) is 10.2. The van der Waals surface area contributed by atoms with Crippen LogP contribution in [0.2, 0.25) is 5.02 Å². The van der Waals surface area contributed by atoms with Gasteiger partial charge in [-0.15, -0.1) is 0 Å². The molecule has 5 rings (SSSR count). The van der Waals surface area contributed by atoms with Crippen molar-refractivity contribution >= 4 is 29.3 Å². The first-order chi connectivity index (χ1) is 21.1. The van der Waals surface area contributed by atoms with E-state index in [1.807, 2.05) is 56.0 Å². The van der Waals surface area contributed by atoms with Crippen molar-refractivity contribution in [3.8, 4) is 16.9 Å². The number of anilines is 1. The Morgan fingerprint density at radius 1 is 0.932 bits per heavy atom. The van der Waals surface area contributed by atoms with Crippen molar-refractivity contribution in [1.82, 2.24) is 4.90 Å². The monoisotopic (exact) mass is 618 g/mol. The molecule has 2 fully saturated rings. The van der Waals surface area contributed by atoms with Gasteiger partial charge in [-0.05, 0) is 74.8 Å². The minimum absolute atomic E-state index is 0.00327. The number of benzene rings is 3. The number of carbonyl (C=O) groups excluding carboxylic acids is 2. The lowest BCUT2D eigenvalue weighted by molar-refractivity contribution is -0.124. The van der Waals surface area contributed by atoms with Gasteiger partial charge in [-0.3, -0.25) is 4.79 Å². The van der Waals surface area contributed by atoms with Gasteiger partial charge in [-0.1, -0.05) is 66.2 Å². The largest absolute Gasteiger partial charge is 0.492 e. The fraction of sp³-hybridized carbons (Fsp3) is 0.444. The lowest BCUT2D eigenvalue weighted by Gasteiger charge is -2.40. The first-order valence-corrected chi connectivity index (χ1v) is 15.9. The van der Waals surface area contributed by atoms with Crippen molar-refractivity contribution < 1.29 is 23.8 Å². The van der Waals surface area contributed by atoms with Crippen LogP contribution in [0.15, 0.2) is 72.8 Å². The molecule has 3 aromatic carbocycles. The topological polar surface area (TPSA) is 68.3 Å². The van der Waals surface area contributed by atoms with E-state index in [1.54, 1.807) is 18.1 Å². The van der Waals surface area contributed by atoms with E-state index >= 15 is 0 Å². The van der Waals surface area contributed by atoms with Crippen LogP contribution in [0.4, 0.5) is 10.5 Å². The van der Waals surface area contributed by atoms with Gasteiger partial charge in [0.2, 0.25) is 5.91 Å². The zero-order valence-corrected chi connectivity index (χ0v) is 26.9. The second kappa shape index (κ2) is 14.0. The summed E-state index contributed by atoms with van der Waals surface area (Å²) < 4.78 is 16.8. The van der Waals surface area contributed by atoms with Crippen molar-refractivity contribution in [3.63, 3.8) is 0 Å². The zero-order valence-electron chi connectivity index (χ0n) is 26.1. The van der Waals surface area contributed by atoms with Crippen LogP contribution in [0.25, 0.3) is 11.1 Å². The highest BCUT2D eigenvalue weighted by molar-refractivity contribution is 6.32. The summed E-state index contributed by atoms with van der Waals surface area (Å²) in [5.41, 5.74) is 3.47. The highest BCUT2D eigenvalue weighted by atomic mass is 35.5. The summed E-state index contributed by atoms with van der Waals surface area (Å²) in [6, 6.07) is 24.4. The molecule has 2 amide bonds. The normalized spacial score (nSPS) is 18.5. The molecule has 0 aromatic heterocycles. The van der Waals surface area contributed by atoms with Crippen molar-refractivity contribution in [2.45, 2.75) is 64.0 Å². The number of hydrogen-bond donors (Lipinski definition) is 0. The first kappa shape index (κ1) is 31.9. The molecule has 0 unspecified atom stereocenters. The standard InChI is InChI=1S/C36H43ClN2O5/c1-36(2,3)44-35(41)38-19-18-30(27-13-8-12-26(22-27)25-10-6-5-7-11-25)31(24-38)34(40)39(28-14-15-28)29-16-17-32(37)33(23-29)43-21-9-20-42-4/h5-8,10-13,16-17,22-23,28,30-31H,9,14-15,18-21,24H2,1-4H3/t30-,31+/m1/s1. The molecule has 3 aromatic rings. The fourth-order valence-electron chi connectivity index (χ4n) is 5.84. The SMILES string of the molecule is COCCCOc1cc(N(C(=O)[C@H]2CN(C(=O)OC(C)(C)C)CC[C@@H]2c2cccc(-c3ccccc3)c2)C2CC2)ccc1Cl. The Labute approximate surface area is 266 Å². The van der Waals surface area contributed by atoms with Crippen LogP contribution in [0.1, 0.15) is 57.9 Å². The minimum atomic E-state index is -0.625. The zero-order chi connectivity index (χ0) is 31.3. The molecule has 1 aliphatic heterocycles. The summed E-state index contributed by atoms with van der Waals surface area (Å²) in [7, 11) is 1.66. The maximum absolute atomic E-state index is 14.7. The molecule has 7 nitrogen and oxygen atoms in total. The molecule has 8 heteroatoms. The summed E-state index contributed by atoms with van der Waals surface area (Å²) in [5, 5.41) is 0.499. The van der Waals surface area contributed by atoms with E-state index in [0.717, 1.165) is 41.6 Å². The number of halogens is 1. The smallest absolute Gasteiger partial charge is 0.410 e. The quantitative estimate of drug-likeness (QED) is 0.216. The van der Waals surface area contributed by atoms with Crippen molar-refractivity contribution in [3.05, 3.63) is 83.4 Å². The van der Waals surface area contributed by atoms with Gasteiger partial charge in [-0.25, -0.2) is 4.79 Å². The molecule has 0 bridgehead atoms. The predicted molar refractivity (Wildman–Crippen MR) is 174 cm³/mol. The summed E-state index contributed by atoms with van der Waals surface area (Å²) in [5.74, 6) is 0.0289. The van der Waals surface area contributed by atoms with Gasteiger partial charge in [0.25, 0.3) is 0 Å². The lowest BCUT2D eigenvalue weighted by Crippen LogP contribution is -2.51. The number of carbonyl (C=O) groups is 2. The molecule has 0 spiro atoms. The van der Waals surface area contributed by atoms with Gasteiger partial charge in [0.1, 0.15) is 11.4 Å². The van der Waals surface area contributed by atoms with Crippen LogP contribution in [0.5, 0.6) is 5.75 Å². The third-order valence-electron chi connectivity index (χ3n) is 8.10. The van der Waals surface area contributed by atoms with Gasteiger partial charge in [0.05, 0.1) is 17.5 Å². The van der Waals surface area contributed by atoms with Crippen molar-refractivity contribution in [2.75, 3.05) is 38.3 Å². The summed E-state index contributed by atoms with van der Waals surface area (Å²) in [4.78, 5) is 31.6. The van der Waals surface area contributed by atoms with E-state index in [-0.39, 0.29) is 30.5 Å². The van der Waals surface area contributed by atoms with Crippen LogP contribution >= 0.6 is 11.6 Å². The van der Waals surface area contributed by atoms with E-state index in [4.69, 9.17) is 25.8 Å². The third-order valence-corrected chi connectivity index (χ3v) is 8.41. The predicted octanol–water partition coefficient (Wildman–Crippen LogP) is 7.96. The second-order valence-corrected chi connectivity index (χ2v) is 13.1. The molecular weight excluding hydrogens is 576 g/mol. The van der Waals surface area contributed by atoms with Gasteiger partial charge in [0, 0.05) is 51.0 Å². The van der Waals surface area contributed by atoms with Crippen molar-refractivity contribution in [2.24, 2.45) is 5.92 Å². The fourth-order valence-corrected chi connectivity index (χ4v) is 6.01. The molecule has 1 aliphatic carbocycles. The molecule has 44 heavy (non-hydrogen) atoms. The van der Waals surface area contributed by atoms with E-state index in [2.05, 4.69) is 36.4 Å². The molecule has 0 radical (unpaired) electrons.